The van der Waals surface area contributed by atoms with Crippen LogP contribution in [0.2, 0.25) is 0 Å². The Hall–Kier alpha value is -3.20. The minimum atomic E-state index is -0.163. The second kappa shape index (κ2) is 5.71. The fourth-order valence-electron chi connectivity index (χ4n) is 2.89. The van der Waals surface area contributed by atoms with E-state index in [-0.39, 0.29) is 18.6 Å². The number of nitrogens with two attached hydrogens (primary N) is 1. The Morgan fingerprint density at radius 1 is 1.32 bits per heavy atom. The molecule has 0 amide bonds. The number of aromatic nitrogens is 6. The maximum Gasteiger partial charge on any atom is 0.243 e. The number of ether oxygens (including phenoxy) is 1. The fraction of sp³-hybridized carbons (Fsp3) is 0.250. The second-order valence-electron chi connectivity index (χ2n) is 5.77. The van der Waals surface area contributed by atoms with Gasteiger partial charge in [-0.1, -0.05) is 11.3 Å². The second-order valence-corrected chi connectivity index (χ2v) is 5.77. The Morgan fingerprint density at radius 3 is 2.92 bits per heavy atom. The van der Waals surface area contributed by atoms with E-state index in [0.717, 1.165) is 27.7 Å². The van der Waals surface area contributed by atoms with Crippen molar-refractivity contribution in [2.24, 2.45) is 0 Å². The molecule has 9 heteroatoms. The lowest BCUT2D eigenvalue weighted by atomic mass is 10.1. The third kappa shape index (κ3) is 2.36. The Morgan fingerprint density at radius 2 is 2.16 bits per heavy atom. The fourth-order valence-corrected chi connectivity index (χ4v) is 2.89. The normalized spacial score (nSPS) is 12.8. The van der Waals surface area contributed by atoms with Crippen LogP contribution >= 0.6 is 0 Å². The van der Waals surface area contributed by atoms with Gasteiger partial charge in [0.25, 0.3) is 0 Å². The highest BCUT2D eigenvalue weighted by Gasteiger charge is 2.16. The molecule has 0 aliphatic rings. The van der Waals surface area contributed by atoms with E-state index in [4.69, 9.17) is 10.5 Å². The molecular weight excluding hydrogens is 322 g/mol. The predicted molar refractivity (Wildman–Crippen MR) is 92.3 cm³/mol. The van der Waals surface area contributed by atoms with Crippen LogP contribution < -0.4 is 10.5 Å². The molecule has 4 rings (SSSR count). The lowest BCUT2D eigenvalue weighted by Crippen LogP contribution is -2.10. The van der Waals surface area contributed by atoms with Crippen LogP contribution in [0, 0.1) is 0 Å². The van der Waals surface area contributed by atoms with Crippen LogP contribution in [0.15, 0.2) is 30.5 Å². The molecule has 0 saturated heterocycles. The molecule has 25 heavy (non-hydrogen) atoms. The van der Waals surface area contributed by atoms with Crippen molar-refractivity contribution in [2.45, 2.75) is 13.0 Å². The number of aliphatic hydroxyl groups excluding tert-OH is 1. The number of anilines is 1. The molecule has 1 atom stereocenters. The first-order valence-corrected chi connectivity index (χ1v) is 7.77. The number of nitrogens with zero attached hydrogens (tertiary/aromatic N) is 6. The van der Waals surface area contributed by atoms with Gasteiger partial charge in [-0.15, -0.1) is 10.2 Å². The molecular formula is C16H17N7O2. The highest BCUT2D eigenvalue weighted by molar-refractivity contribution is 5.89. The summed E-state index contributed by atoms with van der Waals surface area (Å²) in [6.07, 6.45) is 1.81. The lowest BCUT2D eigenvalue weighted by Gasteiger charge is -2.09. The molecule has 0 saturated carbocycles. The summed E-state index contributed by atoms with van der Waals surface area (Å²) in [5.41, 5.74) is 9.89. The zero-order valence-corrected chi connectivity index (χ0v) is 13.8. The average molecular weight is 339 g/mol. The van der Waals surface area contributed by atoms with Gasteiger partial charge in [0.1, 0.15) is 11.0 Å². The molecule has 0 aliphatic heterocycles. The van der Waals surface area contributed by atoms with E-state index in [1.54, 1.807) is 22.5 Å². The maximum atomic E-state index is 9.42. The zero-order chi connectivity index (χ0) is 17.6. The van der Waals surface area contributed by atoms with Crippen LogP contribution in [0.25, 0.3) is 27.7 Å². The molecule has 3 aromatic heterocycles. The molecule has 0 unspecified atom stereocenters. The minimum Gasteiger partial charge on any atom is -0.479 e. The van der Waals surface area contributed by atoms with Crippen molar-refractivity contribution in [3.8, 4) is 17.0 Å². The first kappa shape index (κ1) is 15.3. The quantitative estimate of drug-likeness (QED) is 0.575. The molecule has 4 aromatic rings. The summed E-state index contributed by atoms with van der Waals surface area (Å²) in [5.74, 6) is 0.545. The molecule has 0 spiro atoms. The SMILES string of the molecule is COc1nc(N)nn2ccc(-c3ccc4nnn([C@H](C)CO)c4c3)c12. The standard InChI is InChI=1S/C16H17N7O2/c1-9(8-24)23-13-7-10(3-4-12(13)19-21-23)11-5-6-22-14(11)15(25-2)18-16(17)20-22/h3-7,9,24H,8H2,1-2H3,(H2,17,20)/t9-/m1/s1. The van der Waals surface area contributed by atoms with Gasteiger partial charge in [-0.05, 0) is 30.7 Å². The molecule has 128 valence electrons. The molecule has 0 aliphatic carbocycles. The van der Waals surface area contributed by atoms with E-state index >= 15 is 0 Å². The Bertz CT molecular complexity index is 1070. The smallest absolute Gasteiger partial charge is 0.243 e. The predicted octanol–water partition coefficient (Wildman–Crippen LogP) is 1.29. The van der Waals surface area contributed by atoms with E-state index in [0.29, 0.717) is 5.88 Å². The third-order valence-corrected chi connectivity index (χ3v) is 4.15. The van der Waals surface area contributed by atoms with Crippen molar-refractivity contribution in [3.63, 3.8) is 0 Å². The summed E-state index contributed by atoms with van der Waals surface area (Å²) in [7, 11) is 1.55. The minimum absolute atomic E-state index is 0.0151. The first-order valence-electron chi connectivity index (χ1n) is 7.77. The van der Waals surface area contributed by atoms with Crippen LogP contribution in [-0.4, -0.2) is 48.4 Å². The van der Waals surface area contributed by atoms with Gasteiger partial charge in [0.15, 0.2) is 0 Å². The first-order chi connectivity index (χ1) is 12.1. The number of fused-ring (bicyclic) bond motifs is 2. The largest absolute Gasteiger partial charge is 0.479 e. The van der Waals surface area contributed by atoms with Gasteiger partial charge >= 0.3 is 0 Å². The Kier molecular flexibility index (Phi) is 3.50. The molecule has 1 aromatic carbocycles. The highest BCUT2D eigenvalue weighted by atomic mass is 16.5. The van der Waals surface area contributed by atoms with Crippen LogP contribution in [-0.2, 0) is 0 Å². The highest BCUT2D eigenvalue weighted by Crippen LogP contribution is 2.32. The number of hydrogen-bond acceptors (Lipinski definition) is 7. The van der Waals surface area contributed by atoms with Crippen molar-refractivity contribution in [3.05, 3.63) is 30.5 Å². The van der Waals surface area contributed by atoms with Crippen LogP contribution in [0.4, 0.5) is 5.95 Å². The van der Waals surface area contributed by atoms with E-state index in [1.165, 1.54) is 0 Å². The van der Waals surface area contributed by atoms with E-state index in [9.17, 15) is 5.11 Å². The Labute approximate surface area is 142 Å². The van der Waals surface area contributed by atoms with Crippen molar-refractivity contribution >= 4 is 22.5 Å². The van der Waals surface area contributed by atoms with E-state index < -0.39 is 0 Å². The monoisotopic (exact) mass is 339 g/mol. The van der Waals surface area contributed by atoms with Crippen molar-refractivity contribution < 1.29 is 9.84 Å². The molecule has 0 fully saturated rings. The molecule has 3 heterocycles. The van der Waals surface area contributed by atoms with E-state index in [2.05, 4.69) is 20.4 Å². The van der Waals surface area contributed by atoms with Crippen molar-refractivity contribution in [1.82, 2.24) is 29.6 Å². The number of hydrogen-bond donors (Lipinski definition) is 2. The summed E-state index contributed by atoms with van der Waals surface area (Å²) in [5, 5.41) is 21.9. The zero-order valence-electron chi connectivity index (χ0n) is 13.8. The van der Waals surface area contributed by atoms with Gasteiger partial charge in [-0.3, -0.25) is 0 Å². The molecule has 9 nitrogen and oxygen atoms in total. The maximum absolute atomic E-state index is 9.42. The topological polar surface area (TPSA) is 116 Å². The molecule has 0 bridgehead atoms. The number of rotatable bonds is 4. The average Bonchev–Trinajstić information content (AvgIpc) is 3.23. The van der Waals surface area contributed by atoms with E-state index in [1.807, 2.05) is 31.2 Å². The van der Waals surface area contributed by atoms with Crippen molar-refractivity contribution in [2.75, 3.05) is 19.5 Å². The number of methoxy groups -OCH3 is 1. The summed E-state index contributed by atoms with van der Waals surface area (Å²) in [4.78, 5) is 4.15. The third-order valence-electron chi connectivity index (χ3n) is 4.15. The van der Waals surface area contributed by atoms with Crippen LogP contribution in [0.3, 0.4) is 0 Å². The number of benzene rings is 1. The summed E-state index contributed by atoms with van der Waals surface area (Å²) in [6.45, 7) is 1.87. The summed E-state index contributed by atoms with van der Waals surface area (Å²) in [6, 6.07) is 7.59. The lowest BCUT2D eigenvalue weighted by molar-refractivity contribution is 0.231. The van der Waals surface area contributed by atoms with Crippen molar-refractivity contribution in [1.29, 1.82) is 0 Å². The van der Waals surface area contributed by atoms with Crippen LogP contribution in [0.1, 0.15) is 13.0 Å². The van der Waals surface area contributed by atoms with Gasteiger partial charge in [-0.25, -0.2) is 9.20 Å². The molecule has 0 radical (unpaired) electrons. The van der Waals surface area contributed by atoms with Gasteiger partial charge in [-0.2, -0.15) is 4.98 Å². The summed E-state index contributed by atoms with van der Waals surface area (Å²) < 4.78 is 8.72. The molecule has 3 N–H and O–H groups in total. The number of nitrogen functional groups attached to an aromatic ring is 1. The van der Waals surface area contributed by atoms with Gasteiger partial charge in [0, 0.05) is 11.8 Å². The number of aliphatic hydroxyl groups is 1. The Balaban J connectivity index is 1.94. The summed E-state index contributed by atoms with van der Waals surface area (Å²) >= 11 is 0. The van der Waals surface area contributed by atoms with Gasteiger partial charge in [0.2, 0.25) is 11.8 Å². The van der Waals surface area contributed by atoms with Gasteiger partial charge < -0.3 is 15.6 Å². The van der Waals surface area contributed by atoms with Gasteiger partial charge in [0.05, 0.1) is 25.3 Å². The van der Waals surface area contributed by atoms with Crippen LogP contribution in [0.5, 0.6) is 5.88 Å².